The van der Waals surface area contributed by atoms with Crippen molar-refractivity contribution in [3.8, 4) is 0 Å². The molecule has 23 heavy (non-hydrogen) atoms. The van der Waals surface area contributed by atoms with Crippen molar-refractivity contribution in [2.45, 2.75) is 19.0 Å². The first-order chi connectivity index (χ1) is 11.2. The Morgan fingerprint density at radius 3 is 3.00 bits per heavy atom. The van der Waals surface area contributed by atoms with Crippen LogP contribution in [0.25, 0.3) is 0 Å². The molecule has 122 valence electrons. The van der Waals surface area contributed by atoms with Gasteiger partial charge in [-0.1, -0.05) is 28.1 Å². The predicted octanol–water partition coefficient (Wildman–Crippen LogP) is 2.01. The van der Waals surface area contributed by atoms with Crippen LogP contribution >= 0.6 is 15.9 Å². The first kappa shape index (κ1) is 16.2. The maximum Gasteiger partial charge on any atom is 0.228 e. The van der Waals surface area contributed by atoms with Crippen molar-refractivity contribution in [1.82, 2.24) is 14.9 Å². The van der Waals surface area contributed by atoms with Gasteiger partial charge in [0.2, 0.25) is 11.9 Å². The summed E-state index contributed by atoms with van der Waals surface area (Å²) in [5.74, 6) is 0.505. The second kappa shape index (κ2) is 7.72. The minimum absolute atomic E-state index is 0.0590. The van der Waals surface area contributed by atoms with Gasteiger partial charge in [0.1, 0.15) is 0 Å². The molecule has 0 bridgehead atoms. The molecule has 1 atom stereocenters. The van der Waals surface area contributed by atoms with Crippen LogP contribution in [-0.4, -0.2) is 41.3 Å². The van der Waals surface area contributed by atoms with E-state index in [0.717, 1.165) is 16.6 Å². The molecule has 1 saturated heterocycles. The third kappa shape index (κ3) is 4.63. The Kier molecular flexibility index (Phi) is 5.43. The fraction of sp³-hybridized carbons (Fsp3) is 0.375. The Morgan fingerprint density at radius 1 is 1.43 bits per heavy atom. The van der Waals surface area contributed by atoms with Crippen LogP contribution in [0.3, 0.4) is 0 Å². The molecule has 1 fully saturated rings. The molecule has 1 aliphatic heterocycles. The molecule has 1 aromatic carbocycles. The van der Waals surface area contributed by atoms with Gasteiger partial charge in [0, 0.05) is 35.9 Å². The molecule has 0 aliphatic carbocycles. The molecule has 0 radical (unpaired) electrons. The molecule has 1 amide bonds. The van der Waals surface area contributed by atoms with E-state index in [0.29, 0.717) is 32.1 Å². The summed E-state index contributed by atoms with van der Waals surface area (Å²) >= 11 is 3.43. The molecule has 3 rings (SSSR count). The van der Waals surface area contributed by atoms with Crippen LogP contribution in [0.4, 0.5) is 5.95 Å². The number of morpholine rings is 1. The molecule has 1 aliphatic rings. The van der Waals surface area contributed by atoms with Gasteiger partial charge in [0.15, 0.2) is 0 Å². The standard InChI is InChI=1S/C16H19BrN4O2/c17-13-3-1-12(2-4-13)10-21-7-5-19-16(21)20-15(22)9-14-11-23-8-6-18-14/h1-5,7,14,18H,6,8-11H2,(H,19,20,22). The van der Waals surface area contributed by atoms with Crippen molar-refractivity contribution in [1.29, 1.82) is 0 Å². The van der Waals surface area contributed by atoms with Crippen LogP contribution in [0.15, 0.2) is 41.1 Å². The lowest BCUT2D eigenvalue weighted by Crippen LogP contribution is -2.43. The van der Waals surface area contributed by atoms with Gasteiger partial charge in [-0.3, -0.25) is 10.1 Å². The normalized spacial score (nSPS) is 17.9. The second-order valence-electron chi connectivity index (χ2n) is 5.48. The number of nitrogens with zero attached hydrogens (tertiary/aromatic N) is 2. The Balaban J connectivity index is 1.59. The van der Waals surface area contributed by atoms with Gasteiger partial charge in [-0.15, -0.1) is 0 Å². The van der Waals surface area contributed by atoms with Crippen molar-refractivity contribution < 1.29 is 9.53 Å². The number of nitrogens with one attached hydrogen (secondary N) is 2. The number of anilines is 1. The summed E-state index contributed by atoms with van der Waals surface area (Å²) in [6, 6.07) is 8.15. The molecule has 0 saturated carbocycles. The minimum atomic E-state index is -0.0590. The second-order valence-corrected chi connectivity index (χ2v) is 6.40. The fourth-order valence-corrected chi connectivity index (χ4v) is 2.76. The first-order valence-electron chi connectivity index (χ1n) is 7.57. The van der Waals surface area contributed by atoms with Gasteiger partial charge in [-0.25, -0.2) is 4.98 Å². The number of ether oxygens (including phenoxy) is 1. The highest BCUT2D eigenvalue weighted by Crippen LogP contribution is 2.14. The van der Waals surface area contributed by atoms with Crippen LogP contribution in [0.5, 0.6) is 0 Å². The van der Waals surface area contributed by atoms with Crippen molar-refractivity contribution in [2.75, 3.05) is 25.1 Å². The fourth-order valence-electron chi connectivity index (χ4n) is 2.50. The monoisotopic (exact) mass is 378 g/mol. The summed E-state index contributed by atoms with van der Waals surface area (Å²) in [5, 5.41) is 6.15. The summed E-state index contributed by atoms with van der Waals surface area (Å²) in [7, 11) is 0. The van der Waals surface area contributed by atoms with Gasteiger partial charge in [-0.05, 0) is 17.7 Å². The minimum Gasteiger partial charge on any atom is -0.378 e. The lowest BCUT2D eigenvalue weighted by atomic mass is 10.2. The predicted molar refractivity (Wildman–Crippen MR) is 91.3 cm³/mol. The van der Waals surface area contributed by atoms with Gasteiger partial charge >= 0.3 is 0 Å². The third-order valence-corrected chi connectivity index (χ3v) is 4.19. The average molecular weight is 379 g/mol. The van der Waals surface area contributed by atoms with Crippen LogP contribution in [0.1, 0.15) is 12.0 Å². The van der Waals surface area contributed by atoms with Gasteiger partial charge in [0.25, 0.3) is 0 Å². The summed E-state index contributed by atoms with van der Waals surface area (Å²) in [5.41, 5.74) is 1.14. The summed E-state index contributed by atoms with van der Waals surface area (Å²) in [6.45, 7) is 2.72. The van der Waals surface area contributed by atoms with E-state index in [2.05, 4.69) is 31.5 Å². The third-order valence-electron chi connectivity index (χ3n) is 3.66. The van der Waals surface area contributed by atoms with E-state index < -0.39 is 0 Å². The molecular weight excluding hydrogens is 360 g/mol. The summed E-state index contributed by atoms with van der Waals surface area (Å²) < 4.78 is 8.33. The van der Waals surface area contributed by atoms with Gasteiger partial charge < -0.3 is 14.6 Å². The van der Waals surface area contributed by atoms with E-state index >= 15 is 0 Å². The highest BCUT2D eigenvalue weighted by molar-refractivity contribution is 9.10. The Labute approximate surface area is 143 Å². The number of carbonyl (C=O) groups is 1. The van der Waals surface area contributed by atoms with Crippen molar-refractivity contribution >= 4 is 27.8 Å². The maximum atomic E-state index is 12.2. The van der Waals surface area contributed by atoms with E-state index in [1.807, 2.05) is 35.0 Å². The first-order valence-corrected chi connectivity index (χ1v) is 8.36. The molecule has 2 aromatic rings. The summed E-state index contributed by atoms with van der Waals surface area (Å²) in [6.07, 6.45) is 3.93. The molecule has 2 heterocycles. The number of amides is 1. The number of hydrogen-bond donors (Lipinski definition) is 2. The van der Waals surface area contributed by atoms with Crippen LogP contribution < -0.4 is 10.6 Å². The molecule has 2 N–H and O–H groups in total. The quantitative estimate of drug-likeness (QED) is 0.834. The molecule has 6 nitrogen and oxygen atoms in total. The molecule has 1 unspecified atom stereocenters. The number of imidazole rings is 1. The molecule has 1 aromatic heterocycles. The van der Waals surface area contributed by atoms with Crippen molar-refractivity contribution in [2.24, 2.45) is 0 Å². The zero-order valence-electron chi connectivity index (χ0n) is 12.7. The lowest BCUT2D eigenvalue weighted by molar-refractivity contribution is -0.117. The van der Waals surface area contributed by atoms with Crippen molar-refractivity contribution in [3.05, 3.63) is 46.7 Å². The Morgan fingerprint density at radius 2 is 2.26 bits per heavy atom. The molecule has 7 heteroatoms. The largest absolute Gasteiger partial charge is 0.378 e. The number of aromatic nitrogens is 2. The highest BCUT2D eigenvalue weighted by Gasteiger charge is 2.18. The van der Waals surface area contributed by atoms with E-state index in [1.165, 1.54) is 0 Å². The van der Waals surface area contributed by atoms with Crippen LogP contribution in [0, 0.1) is 0 Å². The van der Waals surface area contributed by atoms with Gasteiger partial charge in [-0.2, -0.15) is 0 Å². The number of rotatable bonds is 5. The zero-order valence-corrected chi connectivity index (χ0v) is 14.3. The number of carbonyl (C=O) groups excluding carboxylic acids is 1. The smallest absolute Gasteiger partial charge is 0.228 e. The Bertz CT molecular complexity index is 650. The van der Waals surface area contributed by atoms with E-state index in [-0.39, 0.29) is 11.9 Å². The van der Waals surface area contributed by atoms with E-state index in [1.54, 1.807) is 6.20 Å². The topological polar surface area (TPSA) is 68.2 Å². The molecule has 0 spiro atoms. The Hall–Kier alpha value is -1.70. The number of benzene rings is 1. The summed E-state index contributed by atoms with van der Waals surface area (Å²) in [4.78, 5) is 16.4. The number of hydrogen-bond acceptors (Lipinski definition) is 4. The average Bonchev–Trinajstić information content (AvgIpc) is 2.97. The van der Waals surface area contributed by atoms with Gasteiger partial charge in [0.05, 0.1) is 19.8 Å². The highest BCUT2D eigenvalue weighted by atomic mass is 79.9. The number of halogens is 1. The van der Waals surface area contributed by atoms with Crippen LogP contribution in [0.2, 0.25) is 0 Å². The zero-order chi connectivity index (χ0) is 16.1. The lowest BCUT2D eigenvalue weighted by Gasteiger charge is -2.23. The SMILES string of the molecule is O=C(CC1COCCN1)Nc1nccn1Cc1ccc(Br)cc1. The van der Waals surface area contributed by atoms with E-state index in [4.69, 9.17) is 4.74 Å². The molecular formula is C16H19BrN4O2. The maximum absolute atomic E-state index is 12.2. The van der Waals surface area contributed by atoms with Crippen LogP contribution in [-0.2, 0) is 16.1 Å². The van der Waals surface area contributed by atoms with Crippen molar-refractivity contribution in [3.63, 3.8) is 0 Å². The van der Waals surface area contributed by atoms with E-state index in [9.17, 15) is 4.79 Å².